The molecule has 0 aromatic heterocycles. The predicted octanol–water partition coefficient (Wildman–Crippen LogP) is 0.755. The molecular weight excluding hydrogens is 192 g/mol. The van der Waals surface area contributed by atoms with Crippen molar-refractivity contribution < 1.29 is 4.79 Å². The van der Waals surface area contributed by atoms with Crippen molar-refractivity contribution >= 4 is 17.9 Å². The Labute approximate surface area is 88.6 Å². The SMILES string of the molecule is CN(C)c1ccc(/C=N\NC(N)=O)cc1. The molecule has 0 bridgehead atoms. The van der Waals surface area contributed by atoms with Crippen molar-refractivity contribution in [2.24, 2.45) is 10.8 Å². The summed E-state index contributed by atoms with van der Waals surface area (Å²) in [7, 11) is 3.94. The Hall–Kier alpha value is -2.04. The summed E-state index contributed by atoms with van der Waals surface area (Å²) in [5.41, 5.74) is 8.98. The number of rotatable bonds is 3. The van der Waals surface area contributed by atoms with Crippen LogP contribution in [0.4, 0.5) is 10.5 Å². The van der Waals surface area contributed by atoms with E-state index in [0.29, 0.717) is 0 Å². The van der Waals surface area contributed by atoms with Gasteiger partial charge < -0.3 is 10.6 Å². The summed E-state index contributed by atoms with van der Waals surface area (Å²) in [6.07, 6.45) is 1.53. The van der Waals surface area contributed by atoms with Crippen molar-refractivity contribution in [3.63, 3.8) is 0 Å². The third-order valence-electron chi connectivity index (χ3n) is 1.80. The van der Waals surface area contributed by atoms with E-state index < -0.39 is 6.03 Å². The van der Waals surface area contributed by atoms with Gasteiger partial charge in [0.2, 0.25) is 0 Å². The summed E-state index contributed by atoms with van der Waals surface area (Å²) in [5.74, 6) is 0. The van der Waals surface area contributed by atoms with E-state index in [-0.39, 0.29) is 0 Å². The van der Waals surface area contributed by atoms with Crippen LogP contribution in [0.3, 0.4) is 0 Å². The Morgan fingerprint density at radius 2 is 2.00 bits per heavy atom. The lowest BCUT2D eigenvalue weighted by Gasteiger charge is -2.11. The zero-order valence-electron chi connectivity index (χ0n) is 8.77. The minimum absolute atomic E-state index is 0.670. The van der Waals surface area contributed by atoms with Gasteiger partial charge in [0.25, 0.3) is 0 Å². The van der Waals surface area contributed by atoms with E-state index in [1.54, 1.807) is 0 Å². The maximum absolute atomic E-state index is 10.3. The number of urea groups is 1. The molecule has 0 saturated heterocycles. The fourth-order valence-electron chi connectivity index (χ4n) is 1.03. The molecule has 0 aliphatic carbocycles. The van der Waals surface area contributed by atoms with Gasteiger partial charge in [-0.15, -0.1) is 0 Å². The molecule has 0 saturated carbocycles. The van der Waals surface area contributed by atoms with Crippen LogP contribution in [0.1, 0.15) is 5.56 Å². The van der Waals surface area contributed by atoms with Crippen molar-refractivity contribution in [1.29, 1.82) is 0 Å². The molecule has 0 fully saturated rings. The Kier molecular flexibility index (Phi) is 3.68. The van der Waals surface area contributed by atoms with E-state index in [0.717, 1.165) is 11.3 Å². The zero-order valence-corrected chi connectivity index (χ0v) is 8.77. The summed E-state index contributed by atoms with van der Waals surface area (Å²) in [5, 5.41) is 3.65. The van der Waals surface area contributed by atoms with Gasteiger partial charge in [-0.1, -0.05) is 12.1 Å². The van der Waals surface area contributed by atoms with E-state index in [9.17, 15) is 4.79 Å². The van der Waals surface area contributed by atoms with Gasteiger partial charge in [0.15, 0.2) is 0 Å². The first kappa shape index (κ1) is 11.0. The highest BCUT2D eigenvalue weighted by Gasteiger charge is 1.93. The summed E-state index contributed by atoms with van der Waals surface area (Å²) >= 11 is 0. The molecule has 2 amide bonds. The van der Waals surface area contributed by atoms with Crippen LogP contribution in [0.2, 0.25) is 0 Å². The molecule has 5 nitrogen and oxygen atoms in total. The standard InChI is InChI=1S/C10H14N4O/c1-14(2)9-5-3-8(4-6-9)7-12-13-10(11)15/h3-7H,1-2H3,(H3,11,13,15)/b12-7-. The Bertz CT molecular complexity index is 356. The Morgan fingerprint density at radius 3 is 2.47 bits per heavy atom. The fraction of sp³-hybridized carbons (Fsp3) is 0.200. The van der Waals surface area contributed by atoms with E-state index in [2.05, 4.69) is 10.5 Å². The summed E-state index contributed by atoms with van der Waals surface area (Å²) in [4.78, 5) is 12.3. The third kappa shape index (κ3) is 3.68. The molecule has 0 heterocycles. The Morgan fingerprint density at radius 1 is 1.40 bits per heavy atom. The number of anilines is 1. The molecule has 3 N–H and O–H groups in total. The first-order valence-corrected chi connectivity index (χ1v) is 4.45. The molecule has 5 heteroatoms. The number of carbonyl (C=O) groups excluding carboxylic acids is 1. The number of nitrogens with one attached hydrogen (secondary N) is 1. The monoisotopic (exact) mass is 206 g/mol. The molecule has 80 valence electrons. The highest BCUT2D eigenvalue weighted by molar-refractivity contribution is 5.82. The van der Waals surface area contributed by atoms with Crippen molar-refractivity contribution in [2.45, 2.75) is 0 Å². The molecule has 1 aromatic carbocycles. The van der Waals surface area contributed by atoms with Crippen LogP contribution in [0.25, 0.3) is 0 Å². The van der Waals surface area contributed by atoms with Gasteiger partial charge in [-0.3, -0.25) is 0 Å². The summed E-state index contributed by atoms with van der Waals surface area (Å²) in [6, 6.07) is 7.07. The van der Waals surface area contributed by atoms with E-state index in [4.69, 9.17) is 5.73 Å². The lowest BCUT2D eigenvalue weighted by molar-refractivity contribution is 0.249. The normalized spacial score (nSPS) is 10.3. The summed E-state index contributed by atoms with van der Waals surface area (Å²) < 4.78 is 0. The van der Waals surface area contributed by atoms with Crippen LogP contribution in [-0.2, 0) is 0 Å². The van der Waals surface area contributed by atoms with Crippen LogP contribution >= 0.6 is 0 Å². The maximum Gasteiger partial charge on any atom is 0.332 e. The van der Waals surface area contributed by atoms with Gasteiger partial charge >= 0.3 is 6.03 Å². The second kappa shape index (κ2) is 4.99. The quantitative estimate of drug-likeness (QED) is 0.566. The lowest BCUT2D eigenvalue weighted by Crippen LogP contribution is -2.24. The number of hydrogen-bond acceptors (Lipinski definition) is 3. The number of hydrazone groups is 1. The van der Waals surface area contributed by atoms with Gasteiger partial charge in [0, 0.05) is 19.8 Å². The maximum atomic E-state index is 10.3. The number of benzene rings is 1. The van der Waals surface area contributed by atoms with Crippen molar-refractivity contribution in [2.75, 3.05) is 19.0 Å². The second-order valence-corrected chi connectivity index (χ2v) is 3.22. The van der Waals surface area contributed by atoms with Crippen molar-refractivity contribution in [3.05, 3.63) is 29.8 Å². The molecule has 0 unspecified atom stereocenters. The Balaban J connectivity index is 2.64. The highest BCUT2D eigenvalue weighted by Crippen LogP contribution is 2.10. The number of nitrogens with zero attached hydrogens (tertiary/aromatic N) is 2. The highest BCUT2D eigenvalue weighted by atomic mass is 16.2. The van der Waals surface area contributed by atoms with Crippen LogP contribution in [-0.4, -0.2) is 26.3 Å². The molecule has 0 atom stereocenters. The molecular formula is C10H14N4O. The molecule has 0 radical (unpaired) electrons. The molecule has 15 heavy (non-hydrogen) atoms. The zero-order chi connectivity index (χ0) is 11.3. The smallest absolute Gasteiger partial charge is 0.332 e. The number of amides is 2. The van der Waals surface area contributed by atoms with Gasteiger partial charge in [-0.05, 0) is 17.7 Å². The van der Waals surface area contributed by atoms with Gasteiger partial charge in [0.1, 0.15) is 0 Å². The first-order valence-electron chi connectivity index (χ1n) is 4.45. The second-order valence-electron chi connectivity index (χ2n) is 3.22. The van der Waals surface area contributed by atoms with Gasteiger partial charge in [-0.25, -0.2) is 10.2 Å². The first-order chi connectivity index (χ1) is 7.09. The molecule has 1 aromatic rings. The largest absolute Gasteiger partial charge is 0.378 e. The minimum atomic E-state index is -0.670. The fourth-order valence-corrected chi connectivity index (χ4v) is 1.03. The predicted molar refractivity (Wildman–Crippen MR) is 61.1 cm³/mol. The lowest BCUT2D eigenvalue weighted by atomic mass is 10.2. The number of carbonyl (C=O) groups is 1. The van der Waals surface area contributed by atoms with E-state index in [1.165, 1.54) is 6.21 Å². The van der Waals surface area contributed by atoms with Crippen LogP contribution in [0.15, 0.2) is 29.4 Å². The van der Waals surface area contributed by atoms with Gasteiger partial charge in [-0.2, -0.15) is 5.10 Å². The summed E-state index contributed by atoms with van der Waals surface area (Å²) in [6.45, 7) is 0. The van der Waals surface area contributed by atoms with E-state index >= 15 is 0 Å². The van der Waals surface area contributed by atoms with Gasteiger partial charge in [0.05, 0.1) is 6.21 Å². The molecule has 0 spiro atoms. The number of hydrogen-bond donors (Lipinski definition) is 2. The third-order valence-corrected chi connectivity index (χ3v) is 1.80. The number of primary amides is 1. The number of nitrogens with two attached hydrogens (primary N) is 1. The van der Waals surface area contributed by atoms with Crippen LogP contribution in [0, 0.1) is 0 Å². The molecule has 0 aliphatic heterocycles. The van der Waals surface area contributed by atoms with Crippen molar-refractivity contribution in [3.8, 4) is 0 Å². The van der Waals surface area contributed by atoms with E-state index in [1.807, 2.05) is 43.3 Å². The van der Waals surface area contributed by atoms with Crippen LogP contribution < -0.4 is 16.1 Å². The molecule has 0 aliphatic rings. The molecule has 1 rings (SSSR count). The van der Waals surface area contributed by atoms with Crippen molar-refractivity contribution in [1.82, 2.24) is 5.43 Å². The minimum Gasteiger partial charge on any atom is -0.378 e. The van der Waals surface area contributed by atoms with Crippen LogP contribution in [0.5, 0.6) is 0 Å². The average molecular weight is 206 g/mol. The average Bonchev–Trinajstić information content (AvgIpc) is 2.18. The topological polar surface area (TPSA) is 70.7 Å².